The fourth-order valence-electron chi connectivity index (χ4n) is 5.70. The maximum absolute atomic E-state index is 13.5. The molecule has 0 radical (unpaired) electrons. The van der Waals surface area contributed by atoms with Crippen LogP contribution in [0.15, 0.2) is 52.3 Å². The first-order chi connectivity index (χ1) is 20.8. The summed E-state index contributed by atoms with van der Waals surface area (Å²) in [7, 11) is 0. The number of hydrogen-bond acceptors (Lipinski definition) is 7. The summed E-state index contributed by atoms with van der Waals surface area (Å²) < 4.78 is 57.6. The molecule has 2 aromatic rings. The number of halogens is 3. The molecule has 0 aliphatic carbocycles. The molecule has 4 rings (SSSR count). The molecule has 0 saturated carbocycles. The number of piperidine rings is 1. The van der Waals surface area contributed by atoms with Crippen molar-refractivity contribution >= 4 is 29.1 Å². The zero-order valence-corrected chi connectivity index (χ0v) is 26.2. The molecule has 0 atom stereocenters. The minimum atomic E-state index is -4.38. The van der Waals surface area contributed by atoms with E-state index < -0.39 is 11.7 Å². The van der Waals surface area contributed by atoms with Gasteiger partial charge in [-0.15, -0.1) is 0 Å². The fourth-order valence-corrected chi connectivity index (χ4v) is 6.78. The van der Waals surface area contributed by atoms with Gasteiger partial charge < -0.3 is 24.0 Å². The Balaban J connectivity index is 1.15. The molecule has 0 aromatic heterocycles. The van der Waals surface area contributed by atoms with Crippen molar-refractivity contribution < 1.29 is 32.2 Å². The van der Waals surface area contributed by atoms with Gasteiger partial charge in [0.25, 0.3) is 0 Å². The second-order valence-corrected chi connectivity index (χ2v) is 12.3. The van der Waals surface area contributed by atoms with Crippen LogP contribution in [-0.2, 0) is 25.2 Å². The van der Waals surface area contributed by atoms with Crippen LogP contribution in [0.1, 0.15) is 70.8 Å². The van der Waals surface area contributed by atoms with Gasteiger partial charge in [0.05, 0.1) is 48.8 Å². The largest absolute Gasteiger partial charge is 0.463 e. The smallest absolute Gasteiger partial charge is 0.416 e. The van der Waals surface area contributed by atoms with Crippen molar-refractivity contribution in [3.05, 3.63) is 48.0 Å². The van der Waals surface area contributed by atoms with Crippen LogP contribution in [0, 0.1) is 0 Å². The number of ether oxygens (including phenoxy) is 3. The number of benzene rings is 2. The van der Waals surface area contributed by atoms with Crippen LogP contribution < -0.4 is 4.90 Å². The zero-order chi connectivity index (χ0) is 30.7. The number of carbonyl (C=O) groups excluding carboxylic acids is 1. The Bertz CT molecular complexity index is 1150. The molecule has 2 aliphatic rings. The Morgan fingerprint density at radius 2 is 1.67 bits per heavy atom. The third kappa shape index (κ3) is 10.1. The lowest BCUT2D eigenvalue weighted by Gasteiger charge is -2.35. The van der Waals surface area contributed by atoms with Crippen molar-refractivity contribution in [2.45, 2.75) is 93.4 Å². The van der Waals surface area contributed by atoms with Crippen molar-refractivity contribution in [3.8, 4) is 0 Å². The average Bonchev–Trinajstić information content (AvgIpc) is 2.99. The Labute approximate surface area is 258 Å². The summed E-state index contributed by atoms with van der Waals surface area (Å²) in [5.74, 6) is -0.252. The van der Waals surface area contributed by atoms with E-state index in [1.807, 2.05) is 29.2 Å². The summed E-state index contributed by atoms with van der Waals surface area (Å²) in [5.41, 5.74) is 0.956. The lowest BCUT2D eigenvalue weighted by molar-refractivity contribution is -0.148. The van der Waals surface area contributed by atoms with Gasteiger partial charge in [0, 0.05) is 29.4 Å². The van der Waals surface area contributed by atoms with Crippen LogP contribution in [0.3, 0.4) is 0 Å². The number of esters is 1. The van der Waals surface area contributed by atoms with E-state index in [0.29, 0.717) is 25.4 Å². The second kappa shape index (κ2) is 16.7. The number of rotatable bonds is 16. The van der Waals surface area contributed by atoms with Gasteiger partial charge in [-0.1, -0.05) is 50.6 Å². The van der Waals surface area contributed by atoms with Gasteiger partial charge in [0.1, 0.15) is 6.61 Å². The summed E-state index contributed by atoms with van der Waals surface area (Å²) in [4.78, 5) is 18.4. The summed E-state index contributed by atoms with van der Waals surface area (Å²) >= 11 is 1.52. The minimum Gasteiger partial charge on any atom is -0.463 e. The molecule has 0 amide bonds. The summed E-state index contributed by atoms with van der Waals surface area (Å²) in [6, 6.07) is 11.9. The Morgan fingerprint density at radius 1 is 0.953 bits per heavy atom. The Kier molecular flexibility index (Phi) is 13.1. The molecular weight excluding hydrogens is 577 g/mol. The zero-order valence-electron chi connectivity index (χ0n) is 25.4. The fraction of sp³-hybridized carbons (Fsp3) is 0.606. The van der Waals surface area contributed by atoms with E-state index in [4.69, 9.17) is 14.2 Å². The number of alkyl halides is 3. The highest BCUT2D eigenvalue weighted by atomic mass is 32.2. The maximum Gasteiger partial charge on any atom is 0.416 e. The molecule has 43 heavy (non-hydrogen) atoms. The average molecular weight is 623 g/mol. The Hall–Kier alpha value is -2.27. The van der Waals surface area contributed by atoms with Gasteiger partial charge in [-0.05, 0) is 69.0 Å². The van der Waals surface area contributed by atoms with Crippen molar-refractivity contribution in [2.24, 2.45) is 0 Å². The lowest BCUT2D eigenvalue weighted by Crippen LogP contribution is -2.38. The molecule has 1 saturated heterocycles. The summed E-state index contributed by atoms with van der Waals surface area (Å²) in [6.45, 7) is 8.61. The van der Waals surface area contributed by atoms with Crippen LogP contribution >= 0.6 is 11.8 Å². The van der Waals surface area contributed by atoms with Crippen molar-refractivity contribution in [1.29, 1.82) is 0 Å². The van der Waals surface area contributed by atoms with E-state index in [1.54, 1.807) is 6.07 Å². The monoisotopic (exact) mass is 622 g/mol. The quantitative estimate of drug-likeness (QED) is 0.139. The SMILES string of the molecule is CCCC(CCC)OCCC(=O)OCCOC1CCN(CCCN2c3ccccc3Sc3ccc(C(F)(F)F)cc32)CC1. The van der Waals surface area contributed by atoms with Crippen LogP contribution in [0.4, 0.5) is 24.5 Å². The third-order valence-electron chi connectivity index (χ3n) is 7.92. The van der Waals surface area contributed by atoms with Gasteiger partial charge in [0.2, 0.25) is 0 Å². The van der Waals surface area contributed by atoms with E-state index in [9.17, 15) is 18.0 Å². The van der Waals surface area contributed by atoms with Gasteiger partial charge in [0.15, 0.2) is 0 Å². The topological polar surface area (TPSA) is 51.2 Å². The van der Waals surface area contributed by atoms with E-state index in [-0.39, 0.29) is 31.2 Å². The predicted molar refractivity (Wildman–Crippen MR) is 164 cm³/mol. The highest BCUT2D eigenvalue weighted by Gasteiger charge is 2.33. The van der Waals surface area contributed by atoms with Crippen LogP contribution in [0.2, 0.25) is 0 Å². The molecule has 1 fully saturated rings. The summed E-state index contributed by atoms with van der Waals surface area (Å²) in [5, 5.41) is 0. The molecular formula is C33H45F3N2O4S. The van der Waals surface area contributed by atoms with E-state index in [2.05, 4.69) is 18.7 Å². The van der Waals surface area contributed by atoms with Gasteiger partial charge >= 0.3 is 12.1 Å². The maximum atomic E-state index is 13.5. The first-order valence-corrected chi connectivity index (χ1v) is 16.5. The molecule has 0 spiro atoms. The van der Waals surface area contributed by atoms with E-state index in [0.717, 1.165) is 80.1 Å². The van der Waals surface area contributed by atoms with Gasteiger partial charge in [-0.25, -0.2) is 0 Å². The van der Waals surface area contributed by atoms with Crippen LogP contribution in [-0.4, -0.2) is 69.1 Å². The number of nitrogens with zero attached hydrogens (tertiary/aromatic N) is 2. The predicted octanol–water partition coefficient (Wildman–Crippen LogP) is 8.10. The van der Waals surface area contributed by atoms with Crippen LogP contribution in [0.25, 0.3) is 0 Å². The summed E-state index contributed by atoms with van der Waals surface area (Å²) in [6.07, 6.45) is 3.06. The highest BCUT2D eigenvalue weighted by molar-refractivity contribution is 7.99. The number of carbonyl (C=O) groups is 1. The lowest BCUT2D eigenvalue weighted by atomic mass is 10.1. The van der Waals surface area contributed by atoms with Crippen molar-refractivity contribution in [1.82, 2.24) is 4.90 Å². The first kappa shape index (κ1) is 33.6. The molecule has 6 nitrogen and oxygen atoms in total. The molecule has 10 heteroatoms. The number of anilines is 2. The number of likely N-dealkylation sites (tertiary alicyclic amines) is 1. The molecule has 2 aromatic carbocycles. The van der Waals surface area contributed by atoms with E-state index in [1.165, 1.54) is 23.9 Å². The number of fused-ring (bicyclic) bond motifs is 2. The van der Waals surface area contributed by atoms with Gasteiger partial charge in [-0.2, -0.15) is 13.2 Å². The molecule has 2 aliphatic heterocycles. The minimum absolute atomic E-state index is 0.140. The van der Waals surface area contributed by atoms with Crippen molar-refractivity contribution in [3.63, 3.8) is 0 Å². The third-order valence-corrected chi connectivity index (χ3v) is 9.05. The number of para-hydroxylation sites is 1. The normalized spacial score (nSPS) is 15.9. The molecule has 2 heterocycles. The molecule has 0 bridgehead atoms. The van der Waals surface area contributed by atoms with Crippen molar-refractivity contribution in [2.75, 3.05) is 50.9 Å². The molecule has 0 N–H and O–H groups in total. The first-order valence-electron chi connectivity index (χ1n) is 15.6. The molecule has 0 unspecified atom stereocenters. The molecule has 238 valence electrons. The van der Waals surface area contributed by atoms with E-state index >= 15 is 0 Å². The highest BCUT2D eigenvalue weighted by Crippen LogP contribution is 2.49. The standard InChI is InChI=1S/C33H45F3N2O4S/c1-3-8-26(9-4-2)40-21-16-32(39)42-23-22-41-27-14-19-37(20-15-27)17-7-18-38-28-10-5-6-11-30(28)43-31-13-12-25(24-29(31)38)33(34,35)36/h5-6,10-13,24,26-27H,3-4,7-9,14-23H2,1-2H3. The second-order valence-electron chi connectivity index (χ2n) is 11.2. The van der Waals surface area contributed by atoms with Crippen LogP contribution in [0.5, 0.6) is 0 Å². The van der Waals surface area contributed by atoms with Gasteiger partial charge in [-0.3, -0.25) is 4.79 Å². The Morgan fingerprint density at radius 3 is 2.40 bits per heavy atom. The number of hydrogen-bond donors (Lipinski definition) is 0.